The highest BCUT2D eigenvalue weighted by Crippen LogP contribution is 2.66. The average molecular weight is 1040 g/mol. The van der Waals surface area contributed by atoms with E-state index in [1.807, 2.05) is 0 Å². The third kappa shape index (κ3) is 20.4. The smallest absolute Gasteiger partial charge is 0.394 e. The van der Waals surface area contributed by atoms with Crippen molar-refractivity contribution in [2.24, 2.45) is 0 Å². The topological polar surface area (TPSA) is 435 Å². The molecule has 34 heteroatoms. The van der Waals surface area contributed by atoms with Crippen LogP contribution in [0.1, 0.15) is 43.7 Å². The van der Waals surface area contributed by atoms with Gasteiger partial charge in [0.05, 0.1) is 104 Å². The highest BCUT2D eigenvalue weighted by Gasteiger charge is 2.45. The average Bonchev–Trinajstić information content (AvgIpc) is 3.92. The second-order valence-corrected chi connectivity index (χ2v) is 18.8. The van der Waals surface area contributed by atoms with Gasteiger partial charge in [-0.1, -0.05) is 17.1 Å². The van der Waals surface area contributed by atoms with Crippen LogP contribution in [-0.2, 0) is 82.7 Å². The van der Waals surface area contributed by atoms with Crippen molar-refractivity contribution in [3.05, 3.63) is 34.1 Å². The van der Waals surface area contributed by atoms with Crippen LogP contribution in [-0.4, -0.2) is 181 Å². The number of nitrogens with zero attached hydrogens (tertiary/aromatic N) is 5. The SMILES string of the molecule is CC(=O)NC1[C@H](OCCOCCOCCOCc2cn(CCOCCC(=O)NCC#Cc3cn([C@H]4CC[C@@H](COP(=O)(O)OP(=O)(O)OP(=O)(O)O)O4)c(=O)nc3N)nn2)OC(CO)[C@@H](O)[C@@H]1O. The summed E-state index contributed by atoms with van der Waals surface area (Å²) in [5, 5.41) is 42.9. The number of hydrogen-bond acceptors (Lipinski definition) is 23. The molecule has 384 valence electrons. The van der Waals surface area contributed by atoms with Gasteiger partial charge < -0.3 is 84.4 Å². The van der Waals surface area contributed by atoms with Crippen molar-refractivity contribution >= 4 is 41.1 Å². The number of carbonyl (C=O) groups is 2. The molecule has 2 aromatic rings. The third-order valence-electron chi connectivity index (χ3n) is 9.09. The summed E-state index contributed by atoms with van der Waals surface area (Å²) in [6.45, 7) is 2.06. The Morgan fingerprint density at radius 1 is 0.912 bits per heavy atom. The van der Waals surface area contributed by atoms with Gasteiger partial charge in [-0.05, 0) is 12.8 Å². The normalized spacial score (nSPS) is 23.6. The molecule has 0 bridgehead atoms. The Hall–Kier alpha value is -3.67. The number of hydrogen-bond donors (Lipinski definition) is 10. The van der Waals surface area contributed by atoms with Crippen LogP contribution >= 0.6 is 23.5 Å². The van der Waals surface area contributed by atoms with Crippen LogP contribution in [0.15, 0.2) is 17.2 Å². The van der Waals surface area contributed by atoms with Gasteiger partial charge in [0.25, 0.3) is 0 Å². The number of nitrogen functional groups attached to an aromatic ring is 1. The maximum absolute atomic E-state index is 12.6. The van der Waals surface area contributed by atoms with Gasteiger partial charge in [0.1, 0.15) is 42.1 Å². The number of amides is 2. The van der Waals surface area contributed by atoms with Gasteiger partial charge >= 0.3 is 29.2 Å². The van der Waals surface area contributed by atoms with E-state index in [4.69, 9.17) is 48.7 Å². The summed E-state index contributed by atoms with van der Waals surface area (Å²) in [5.74, 6) is 4.40. The first-order valence-corrected chi connectivity index (χ1v) is 25.0. The molecule has 0 saturated carbocycles. The van der Waals surface area contributed by atoms with Crippen molar-refractivity contribution in [2.75, 3.05) is 78.3 Å². The summed E-state index contributed by atoms with van der Waals surface area (Å²) in [4.78, 5) is 76.3. The van der Waals surface area contributed by atoms with Crippen LogP contribution in [0.2, 0.25) is 0 Å². The second-order valence-electron chi connectivity index (χ2n) is 14.4. The summed E-state index contributed by atoms with van der Waals surface area (Å²) >= 11 is 0. The molecule has 0 aliphatic carbocycles. The van der Waals surface area contributed by atoms with Crippen LogP contribution < -0.4 is 22.1 Å². The first kappa shape index (κ1) is 56.9. The highest BCUT2D eigenvalue weighted by molar-refractivity contribution is 7.66. The molecular formula is C34H55N8O23P3. The molecule has 0 aromatic carbocycles. The number of aromatic nitrogens is 5. The van der Waals surface area contributed by atoms with Gasteiger partial charge in [0, 0.05) is 19.5 Å². The van der Waals surface area contributed by atoms with E-state index in [-0.39, 0.29) is 103 Å². The lowest BCUT2D eigenvalue weighted by atomic mass is 9.97. The third-order valence-corrected chi connectivity index (χ3v) is 12.9. The molecule has 0 spiro atoms. The maximum Gasteiger partial charge on any atom is 0.490 e. The standard InChI is InChI=1S/C34H55N8O23P3/c1-22(44)37-29-31(47)30(46)26(19-43)63-33(29)60-16-15-58-12-11-57-13-14-59-20-24-18-41(40-39-24)8-10-56-9-6-27(45)36-7-2-3-23-17-42(34(48)38-32(23)35)28-5-4-25(62-28)21-61-67(52,53)65-68(54,55)64-66(49,50)51/h17-18,25-26,28-31,33,43,46-47H,4-16,19-21H2,1H3,(H,36,45)(H,37,44)(H,52,53)(H,54,55)(H2,35,38,48)(H2,49,50,51)/t25-,26?,28+,29?,30+,31+,33+/m0/s1. The number of carbonyl (C=O) groups excluding carboxylic acids is 2. The molecule has 9 atom stereocenters. The fourth-order valence-electron chi connectivity index (χ4n) is 6.04. The quantitative estimate of drug-likeness (QED) is 0.0215. The number of rotatable bonds is 29. The molecule has 0 radical (unpaired) electrons. The van der Waals surface area contributed by atoms with Crippen LogP contribution in [0.3, 0.4) is 0 Å². The van der Waals surface area contributed by atoms with Crippen molar-refractivity contribution in [2.45, 2.75) is 82.3 Å². The van der Waals surface area contributed by atoms with Crippen LogP contribution in [0.25, 0.3) is 0 Å². The largest absolute Gasteiger partial charge is 0.490 e. The number of phosphoric ester groups is 1. The number of ether oxygens (including phenoxy) is 7. The summed E-state index contributed by atoms with van der Waals surface area (Å²) in [7, 11) is -16.6. The van der Waals surface area contributed by atoms with Gasteiger partial charge in [-0.25, -0.2) is 23.2 Å². The molecule has 2 aromatic heterocycles. The van der Waals surface area contributed by atoms with Crippen molar-refractivity contribution in [3.63, 3.8) is 0 Å². The van der Waals surface area contributed by atoms with Crippen molar-refractivity contribution < 1.29 is 104 Å². The van der Waals surface area contributed by atoms with Crippen molar-refractivity contribution in [1.82, 2.24) is 35.2 Å². The van der Waals surface area contributed by atoms with Gasteiger partial charge in [-0.15, -0.1) is 5.10 Å². The van der Waals surface area contributed by atoms with Crippen molar-refractivity contribution in [1.29, 1.82) is 0 Å². The van der Waals surface area contributed by atoms with Gasteiger partial charge in [0.2, 0.25) is 11.8 Å². The van der Waals surface area contributed by atoms with E-state index in [2.05, 4.69) is 50.9 Å². The van der Waals surface area contributed by atoms with Crippen LogP contribution in [0.5, 0.6) is 0 Å². The summed E-state index contributed by atoms with van der Waals surface area (Å²) in [5.41, 5.74) is 5.75. The zero-order valence-corrected chi connectivity index (χ0v) is 39.0. The lowest BCUT2D eigenvalue weighted by Gasteiger charge is -2.42. The van der Waals surface area contributed by atoms with E-state index in [9.17, 15) is 53.2 Å². The molecule has 11 N–H and O–H groups in total. The van der Waals surface area contributed by atoms with E-state index >= 15 is 0 Å². The first-order valence-electron chi connectivity index (χ1n) is 20.4. The molecule has 2 saturated heterocycles. The van der Waals surface area contributed by atoms with Crippen LogP contribution in [0.4, 0.5) is 5.82 Å². The lowest BCUT2D eigenvalue weighted by molar-refractivity contribution is -0.272. The molecule has 4 rings (SSSR count). The molecule has 31 nitrogen and oxygen atoms in total. The number of phosphoric acid groups is 3. The van der Waals surface area contributed by atoms with E-state index < -0.39 is 91.3 Å². The lowest BCUT2D eigenvalue weighted by Crippen LogP contribution is -2.64. The van der Waals surface area contributed by atoms with Crippen LogP contribution in [0, 0.1) is 11.8 Å². The highest BCUT2D eigenvalue weighted by atomic mass is 31.3. The van der Waals surface area contributed by atoms with Gasteiger partial charge in [0.15, 0.2) is 6.29 Å². The monoisotopic (exact) mass is 1040 g/mol. The van der Waals surface area contributed by atoms with E-state index in [0.717, 1.165) is 4.57 Å². The molecule has 2 aliphatic rings. The Balaban J connectivity index is 1.02. The minimum absolute atomic E-state index is 0.0274. The number of aliphatic hydroxyl groups excluding tert-OH is 3. The molecule has 2 fully saturated rings. The summed E-state index contributed by atoms with van der Waals surface area (Å²) in [6.07, 6.45) is -3.59. The Morgan fingerprint density at radius 3 is 2.29 bits per heavy atom. The molecule has 2 amide bonds. The van der Waals surface area contributed by atoms with Crippen molar-refractivity contribution in [3.8, 4) is 11.8 Å². The number of nitrogens with two attached hydrogens (primary N) is 1. The predicted octanol–water partition coefficient (Wildman–Crippen LogP) is -3.48. The molecule has 4 unspecified atom stereocenters. The number of nitrogens with one attached hydrogen (secondary N) is 2. The molecule has 2 aliphatic heterocycles. The van der Waals surface area contributed by atoms with Gasteiger partial charge in [-0.3, -0.25) is 18.7 Å². The Labute approximate surface area is 386 Å². The van der Waals surface area contributed by atoms with E-state index in [0.29, 0.717) is 12.2 Å². The molecular weight excluding hydrogens is 981 g/mol. The molecule has 4 heterocycles. The van der Waals surface area contributed by atoms with Gasteiger partial charge in [-0.2, -0.15) is 13.6 Å². The summed E-state index contributed by atoms with van der Waals surface area (Å²) in [6, 6.07) is -1.04. The number of anilines is 1. The maximum atomic E-state index is 12.6. The second kappa shape index (κ2) is 27.7. The Morgan fingerprint density at radius 2 is 1.60 bits per heavy atom. The first-order chi connectivity index (χ1) is 32.1. The fourth-order valence-corrected chi connectivity index (χ4v) is 9.09. The Kier molecular flexibility index (Phi) is 23.1. The minimum atomic E-state index is -5.70. The summed E-state index contributed by atoms with van der Waals surface area (Å²) < 4.78 is 87.6. The fraction of sp³-hybridized carbons (Fsp3) is 0.706. The Bertz CT molecular complexity index is 2200. The van der Waals surface area contributed by atoms with E-state index in [1.54, 1.807) is 10.9 Å². The zero-order valence-electron chi connectivity index (χ0n) is 36.3. The number of aliphatic hydroxyl groups is 3. The zero-order chi connectivity index (χ0) is 49.9. The minimum Gasteiger partial charge on any atom is -0.394 e. The molecule has 68 heavy (non-hydrogen) atoms. The predicted molar refractivity (Wildman–Crippen MR) is 224 cm³/mol. The van der Waals surface area contributed by atoms with E-state index in [1.165, 1.54) is 13.1 Å².